The van der Waals surface area contributed by atoms with Gasteiger partial charge in [-0.25, -0.2) is 0 Å². The Labute approximate surface area is 233 Å². The lowest BCUT2D eigenvalue weighted by Crippen LogP contribution is -2.69. The molecule has 2 aliphatic carbocycles. The second kappa shape index (κ2) is 9.58. The van der Waals surface area contributed by atoms with Crippen LogP contribution in [0.4, 0.5) is 0 Å². The monoisotopic (exact) mass is 554 g/mol. The standard InChI is InChI=1S/C30H32Cl2N2O4/c1-4-12-34-13-11-30-20-6-8-23(33(3)27(36)15-18-5-7-21(31)22(32)14-18)29(30)38-26-10-9-25(37-17(2)35)19(28(26)30)16-24(20)34/h4-5,7,9-10,14,20,23-24,29H,1,6,8,11-13,15-16H2,2-3H3/t20-,23+,24+,29-,30-/m0/s1. The summed E-state index contributed by atoms with van der Waals surface area (Å²) in [5.74, 6) is 1.62. The van der Waals surface area contributed by atoms with Gasteiger partial charge in [-0.15, -0.1) is 6.58 Å². The summed E-state index contributed by atoms with van der Waals surface area (Å²) in [6.07, 6.45) is 5.70. The zero-order valence-electron chi connectivity index (χ0n) is 21.7. The number of rotatable bonds is 6. The Kier molecular flexibility index (Phi) is 6.48. The zero-order chi connectivity index (χ0) is 26.8. The normalized spacial score (nSPS) is 28.7. The number of carbonyl (C=O) groups excluding carboxylic acids is 2. The summed E-state index contributed by atoms with van der Waals surface area (Å²) in [6, 6.07) is 9.40. The van der Waals surface area contributed by atoms with Crippen LogP contribution in [0.2, 0.25) is 10.0 Å². The number of piperidine rings is 1. The quantitative estimate of drug-likeness (QED) is 0.278. The van der Waals surface area contributed by atoms with E-state index in [2.05, 4.69) is 11.5 Å². The number of hydrogen-bond acceptors (Lipinski definition) is 5. The fourth-order valence-electron chi connectivity index (χ4n) is 7.77. The predicted octanol–water partition coefficient (Wildman–Crippen LogP) is 5.21. The third-order valence-electron chi connectivity index (χ3n) is 9.25. The molecular weight excluding hydrogens is 523 g/mol. The zero-order valence-corrected chi connectivity index (χ0v) is 23.2. The molecule has 6 rings (SSSR count). The second-order valence-corrected chi connectivity index (χ2v) is 11.9. The SMILES string of the molecule is C=CCN1CC[C@@]23c4c5ccc(OC(C)=O)c4C[C@@H]1[C@@H]2CC[C@@H](N(C)C(=O)Cc1ccc(Cl)c(Cl)c1)[C@@H]3O5. The lowest BCUT2D eigenvalue weighted by Gasteiger charge is -2.60. The Morgan fingerprint density at radius 1 is 1.24 bits per heavy atom. The molecule has 38 heavy (non-hydrogen) atoms. The summed E-state index contributed by atoms with van der Waals surface area (Å²) >= 11 is 12.3. The molecule has 2 aromatic carbocycles. The van der Waals surface area contributed by atoms with Gasteiger partial charge in [-0.05, 0) is 68.0 Å². The molecule has 8 heteroatoms. The van der Waals surface area contributed by atoms with E-state index in [0.29, 0.717) is 27.8 Å². The van der Waals surface area contributed by atoms with Crippen LogP contribution in [0, 0.1) is 5.92 Å². The van der Waals surface area contributed by atoms with Gasteiger partial charge in [0, 0.05) is 43.1 Å². The topological polar surface area (TPSA) is 59.1 Å². The van der Waals surface area contributed by atoms with E-state index in [0.717, 1.165) is 55.6 Å². The maximum absolute atomic E-state index is 13.5. The van der Waals surface area contributed by atoms with Crippen LogP contribution in [0.5, 0.6) is 11.5 Å². The fraction of sp³-hybridized carbons (Fsp3) is 0.467. The van der Waals surface area contributed by atoms with Gasteiger partial charge in [-0.1, -0.05) is 35.3 Å². The highest BCUT2D eigenvalue weighted by Gasteiger charge is 2.66. The molecule has 4 aliphatic rings. The number of nitrogens with zero attached hydrogens (tertiary/aromatic N) is 2. The molecule has 200 valence electrons. The number of halogens is 2. The van der Waals surface area contributed by atoms with Crippen LogP contribution < -0.4 is 9.47 Å². The van der Waals surface area contributed by atoms with Crippen LogP contribution in [0.3, 0.4) is 0 Å². The van der Waals surface area contributed by atoms with Gasteiger partial charge in [0.2, 0.25) is 5.91 Å². The van der Waals surface area contributed by atoms with E-state index in [9.17, 15) is 9.59 Å². The van der Waals surface area contributed by atoms with Crippen molar-refractivity contribution in [2.45, 2.75) is 62.6 Å². The molecule has 0 aromatic heterocycles. The first-order valence-corrected chi connectivity index (χ1v) is 14.1. The molecule has 0 unspecified atom stereocenters. The highest BCUT2D eigenvalue weighted by molar-refractivity contribution is 6.42. The molecule has 2 bridgehead atoms. The summed E-state index contributed by atoms with van der Waals surface area (Å²) < 4.78 is 12.5. The number of esters is 1. The summed E-state index contributed by atoms with van der Waals surface area (Å²) in [4.78, 5) is 29.9. The van der Waals surface area contributed by atoms with Crippen LogP contribution >= 0.6 is 23.2 Å². The Morgan fingerprint density at radius 2 is 2.05 bits per heavy atom. The van der Waals surface area contributed by atoms with Gasteiger partial charge >= 0.3 is 5.97 Å². The predicted molar refractivity (Wildman–Crippen MR) is 147 cm³/mol. The third kappa shape index (κ3) is 3.87. The molecular formula is C30H32Cl2N2O4. The minimum Gasteiger partial charge on any atom is -0.487 e. The van der Waals surface area contributed by atoms with Gasteiger partial charge in [-0.2, -0.15) is 0 Å². The average Bonchev–Trinajstić information content (AvgIpc) is 3.21. The first-order chi connectivity index (χ1) is 18.2. The largest absolute Gasteiger partial charge is 0.487 e. The first kappa shape index (κ1) is 25.7. The van der Waals surface area contributed by atoms with Crippen LogP contribution in [-0.2, 0) is 27.8 Å². The smallest absolute Gasteiger partial charge is 0.308 e. The Bertz CT molecular complexity index is 1330. The number of ether oxygens (including phenoxy) is 2. The number of hydrogen-bond donors (Lipinski definition) is 0. The molecule has 2 fully saturated rings. The van der Waals surface area contributed by atoms with Gasteiger partial charge in [0.15, 0.2) is 0 Å². The maximum Gasteiger partial charge on any atom is 0.308 e. The van der Waals surface area contributed by atoms with Crippen molar-refractivity contribution in [3.05, 3.63) is 69.7 Å². The summed E-state index contributed by atoms with van der Waals surface area (Å²) in [5, 5.41) is 0.925. The van der Waals surface area contributed by atoms with Crippen molar-refractivity contribution >= 4 is 35.1 Å². The van der Waals surface area contributed by atoms with E-state index >= 15 is 0 Å². The summed E-state index contributed by atoms with van der Waals surface area (Å²) in [7, 11) is 1.90. The molecule has 6 nitrogen and oxygen atoms in total. The second-order valence-electron chi connectivity index (χ2n) is 11.1. The molecule has 2 aromatic rings. The molecule has 2 heterocycles. The van der Waals surface area contributed by atoms with Gasteiger partial charge in [-0.3, -0.25) is 14.5 Å². The van der Waals surface area contributed by atoms with Gasteiger partial charge in [0.1, 0.15) is 17.6 Å². The summed E-state index contributed by atoms with van der Waals surface area (Å²) in [5.41, 5.74) is 2.90. The third-order valence-corrected chi connectivity index (χ3v) is 9.99. The number of amides is 1. The molecule has 1 saturated carbocycles. The number of benzene rings is 2. The Morgan fingerprint density at radius 3 is 2.79 bits per heavy atom. The van der Waals surface area contributed by atoms with Crippen LogP contribution in [0.1, 0.15) is 42.9 Å². The number of likely N-dealkylation sites (N-methyl/N-ethyl adjacent to an activating group) is 1. The molecule has 1 saturated heterocycles. The molecule has 0 radical (unpaired) electrons. The van der Waals surface area contributed by atoms with Crippen molar-refractivity contribution < 1.29 is 19.1 Å². The van der Waals surface area contributed by atoms with Crippen molar-refractivity contribution in [1.82, 2.24) is 9.80 Å². The van der Waals surface area contributed by atoms with E-state index in [4.69, 9.17) is 32.7 Å². The summed E-state index contributed by atoms with van der Waals surface area (Å²) in [6.45, 7) is 7.20. The number of likely N-dealkylation sites (tertiary alicyclic amines) is 1. The first-order valence-electron chi connectivity index (χ1n) is 13.3. The molecule has 1 spiro atoms. The van der Waals surface area contributed by atoms with E-state index in [1.54, 1.807) is 12.1 Å². The molecule has 1 amide bonds. The Hall–Kier alpha value is -2.54. The van der Waals surface area contributed by atoms with Gasteiger partial charge < -0.3 is 14.4 Å². The molecule has 0 N–H and O–H groups in total. The Balaban J connectivity index is 1.37. The highest BCUT2D eigenvalue weighted by atomic mass is 35.5. The van der Waals surface area contributed by atoms with Crippen molar-refractivity contribution in [1.29, 1.82) is 0 Å². The lowest BCUT2D eigenvalue weighted by atomic mass is 9.51. The van der Waals surface area contributed by atoms with Crippen molar-refractivity contribution in [3.63, 3.8) is 0 Å². The van der Waals surface area contributed by atoms with E-state index in [-0.39, 0.29) is 35.9 Å². The minimum atomic E-state index is -0.321. The maximum atomic E-state index is 13.5. The van der Waals surface area contributed by atoms with E-state index in [1.165, 1.54) is 12.5 Å². The van der Waals surface area contributed by atoms with E-state index < -0.39 is 0 Å². The van der Waals surface area contributed by atoms with Gasteiger partial charge in [0.25, 0.3) is 0 Å². The highest BCUT2D eigenvalue weighted by Crippen LogP contribution is 2.63. The van der Waals surface area contributed by atoms with Crippen molar-refractivity contribution in [2.24, 2.45) is 5.92 Å². The lowest BCUT2D eigenvalue weighted by molar-refractivity contribution is -0.139. The molecule has 5 atom stereocenters. The van der Waals surface area contributed by atoms with Gasteiger partial charge in [0.05, 0.1) is 22.5 Å². The van der Waals surface area contributed by atoms with Crippen LogP contribution in [0.15, 0.2) is 43.0 Å². The van der Waals surface area contributed by atoms with Crippen LogP contribution in [0.25, 0.3) is 0 Å². The molecule has 2 aliphatic heterocycles. The number of carbonyl (C=O) groups is 2. The average molecular weight is 556 g/mol. The van der Waals surface area contributed by atoms with Crippen molar-refractivity contribution in [2.75, 3.05) is 20.1 Å². The van der Waals surface area contributed by atoms with Crippen LogP contribution in [-0.4, -0.2) is 60.0 Å². The minimum absolute atomic E-state index is 0.0278. The van der Waals surface area contributed by atoms with E-state index in [1.807, 2.05) is 36.2 Å². The van der Waals surface area contributed by atoms with Crippen molar-refractivity contribution in [3.8, 4) is 11.5 Å². The fourth-order valence-corrected chi connectivity index (χ4v) is 8.09.